The van der Waals surface area contributed by atoms with Gasteiger partial charge in [0.25, 0.3) is 0 Å². The lowest BCUT2D eigenvalue weighted by atomic mass is 10.1. The van der Waals surface area contributed by atoms with Gasteiger partial charge in [-0.25, -0.2) is 13.1 Å². The van der Waals surface area contributed by atoms with Crippen molar-refractivity contribution in [2.45, 2.75) is 17.9 Å². The van der Waals surface area contributed by atoms with Crippen molar-refractivity contribution >= 4 is 27.3 Å². The van der Waals surface area contributed by atoms with Crippen LogP contribution in [0.5, 0.6) is 0 Å². The number of nitrogens with zero attached hydrogens (tertiary/aromatic N) is 1. The van der Waals surface area contributed by atoms with Crippen molar-refractivity contribution in [3.63, 3.8) is 0 Å². The third kappa shape index (κ3) is 3.84. The fourth-order valence-corrected chi connectivity index (χ4v) is 3.53. The van der Waals surface area contributed by atoms with Gasteiger partial charge in [0, 0.05) is 17.1 Å². The summed E-state index contributed by atoms with van der Waals surface area (Å²) in [5, 5.41) is 11.1. The van der Waals surface area contributed by atoms with Gasteiger partial charge in [-0.15, -0.1) is 0 Å². The van der Waals surface area contributed by atoms with Crippen molar-refractivity contribution < 1.29 is 17.7 Å². The molecule has 0 saturated carbocycles. The molecule has 2 aromatic rings. The molecular formula is C14H12ClFN2O4S. The second-order valence-corrected chi connectivity index (χ2v) is 6.86. The molecule has 6 nitrogen and oxygen atoms in total. The zero-order chi connectivity index (χ0) is 17.2. The minimum absolute atomic E-state index is 0.382. The Bertz CT molecular complexity index is 858. The molecule has 0 heterocycles. The van der Waals surface area contributed by atoms with E-state index in [9.17, 15) is 22.9 Å². The van der Waals surface area contributed by atoms with Crippen LogP contribution < -0.4 is 4.72 Å². The lowest BCUT2D eigenvalue weighted by Crippen LogP contribution is -2.27. The second-order valence-electron chi connectivity index (χ2n) is 4.73. The van der Waals surface area contributed by atoms with Crippen molar-refractivity contribution in [2.75, 3.05) is 0 Å². The monoisotopic (exact) mass is 358 g/mol. The molecule has 0 aromatic heterocycles. The van der Waals surface area contributed by atoms with Crippen molar-refractivity contribution in [1.82, 2.24) is 4.72 Å². The SMILES string of the molecule is C[C@@H](NS(=O)(=O)c1ccc(F)c([N+](=O)[O-])c1)c1ccccc1Cl. The van der Waals surface area contributed by atoms with Gasteiger partial charge in [0.05, 0.1) is 9.82 Å². The van der Waals surface area contributed by atoms with Gasteiger partial charge in [-0.05, 0) is 30.7 Å². The maximum absolute atomic E-state index is 13.3. The average Bonchev–Trinajstić information content (AvgIpc) is 2.47. The van der Waals surface area contributed by atoms with Crippen LogP contribution in [-0.2, 0) is 10.0 Å². The standard InChI is InChI=1S/C14H12ClFN2O4S/c1-9(11-4-2-3-5-12(11)15)17-23(21,22)10-6-7-13(16)14(8-10)18(19)20/h2-9,17H,1H3/t9-/m1/s1. The predicted molar refractivity (Wildman–Crippen MR) is 83.2 cm³/mol. The highest BCUT2D eigenvalue weighted by Gasteiger charge is 2.24. The van der Waals surface area contributed by atoms with Gasteiger partial charge in [0.1, 0.15) is 0 Å². The van der Waals surface area contributed by atoms with E-state index in [4.69, 9.17) is 11.6 Å². The second kappa shape index (κ2) is 6.61. The quantitative estimate of drug-likeness (QED) is 0.655. The van der Waals surface area contributed by atoms with Gasteiger partial charge < -0.3 is 0 Å². The number of nitro groups is 1. The van der Waals surface area contributed by atoms with Gasteiger partial charge >= 0.3 is 5.69 Å². The van der Waals surface area contributed by atoms with Gasteiger partial charge in [0.2, 0.25) is 15.8 Å². The molecule has 1 atom stereocenters. The van der Waals surface area contributed by atoms with E-state index in [1.165, 1.54) is 0 Å². The first kappa shape index (κ1) is 17.3. The summed E-state index contributed by atoms with van der Waals surface area (Å²) in [5.74, 6) is -1.10. The van der Waals surface area contributed by atoms with Crippen LogP contribution in [0, 0.1) is 15.9 Å². The Hall–Kier alpha value is -2.03. The van der Waals surface area contributed by atoms with Crippen molar-refractivity contribution in [3.8, 4) is 0 Å². The highest BCUT2D eigenvalue weighted by Crippen LogP contribution is 2.26. The third-order valence-corrected chi connectivity index (χ3v) is 5.01. The Labute approximate surface area is 137 Å². The van der Waals surface area contributed by atoms with Crippen molar-refractivity contribution in [3.05, 3.63) is 69.0 Å². The molecule has 2 rings (SSSR count). The Morgan fingerprint density at radius 2 is 1.91 bits per heavy atom. The molecule has 0 unspecified atom stereocenters. The molecule has 0 radical (unpaired) electrons. The van der Waals surface area contributed by atoms with E-state index < -0.39 is 37.4 Å². The van der Waals surface area contributed by atoms with Crippen LogP contribution in [0.2, 0.25) is 5.02 Å². The Morgan fingerprint density at radius 1 is 1.26 bits per heavy atom. The largest absolute Gasteiger partial charge is 0.306 e. The maximum Gasteiger partial charge on any atom is 0.306 e. The smallest absolute Gasteiger partial charge is 0.258 e. The molecule has 0 spiro atoms. The fraction of sp³-hybridized carbons (Fsp3) is 0.143. The van der Waals surface area contributed by atoms with Crippen LogP contribution in [0.3, 0.4) is 0 Å². The van der Waals surface area contributed by atoms with Gasteiger partial charge in [-0.1, -0.05) is 29.8 Å². The number of benzene rings is 2. The van der Waals surface area contributed by atoms with Gasteiger partial charge in [-0.2, -0.15) is 4.39 Å². The molecule has 122 valence electrons. The number of nitro benzene ring substituents is 1. The lowest BCUT2D eigenvalue weighted by Gasteiger charge is -2.16. The summed E-state index contributed by atoms with van der Waals surface area (Å²) in [6, 6.07) is 8.39. The zero-order valence-electron chi connectivity index (χ0n) is 11.9. The third-order valence-electron chi connectivity index (χ3n) is 3.13. The van der Waals surface area contributed by atoms with E-state index in [0.29, 0.717) is 16.7 Å². The molecule has 9 heteroatoms. The molecule has 0 saturated heterocycles. The summed E-state index contributed by atoms with van der Waals surface area (Å²) in [4.78, 5) is 9.34. The molecule has 0 aliphatic rings. The van der Waals surface area contributed by atoms with E-state index in [0.717, 1.165) is 12.1 Å². The Kier molecular flexibility index (Phi) is 4.98. The van der Waals surface area contributed by atoms with Crippen molar-refractivity contribution in [1.29, 1.82) is 0 Å². The Morgan fingerprint density at radius 3 is 2.52 bits per heavy atom. The molecule has 2 aromatic carbocycles. The van der Waals surface area contributed by atoms with E-state index in [1.807, 2.05) is 0 Å². The number of nitrogens with one attached hydrogen (secondary N) is 1. The highest BCUT2D eigenvalue weighted by molar-refractivity contribution is 7.89. The molecule has 0 fully saturated rings. The van der Waals surface area contributed by atoms with Crippen LogP contribution in [0.25, 0.3) is 0 Å². The van der Waals surface area contributed by atoms with E-state index in [2.05, 4.69) is 4.72 Å². The summed E-state index contributed by atoms with van der Waals surface area (Å²) in [6.45, 7) is 1.58. The number of halogens is 2. The van der Waals surface area contributed by atoms with Crippen LogP contribution in [0.15, 0.2) is 47.4 Å². The fourth-order valence-electron chi connectivity index (χ4n) is 1.99. The minimum atomic E-state index is -4.08. The average molecular weight is 359 g/mol. The van der Waals surface area contributed by atoms with E-state index >= 15 is 0 Å². The van der Waals surface area contributed by atoms with Crippen LogP contribution >= 0.6 is 11.6 Å². The van der Waals surface area contributed by atoms with Gasteiger partial charge in [0.15, 0.2) is 0 Å². The molecule has 0 bridgehead atoms. The van der Waals surface area contributed by atoms with Crippen LogP contribution in [0.4, 0.5) is 10.1 Å². The van der Waals surface area contributed by atoms with Crippen LogP contribution in [-0.4, -0.2) is 13.3 Å². The summed E-state index contributed by atoms with van der Waals surface area (Å²) in [6.07, 6.45) is 0. The molecule has 23 heavy (non-hydrogen) atoms. The first-order chi connectivity index (χ1) is 10.7. The van der Waals surface area contributed by atoms with Crippen molar-refractivity contribution in [2.24, 2.45) is 0 Å². The molecule has 0 aliphatic heterocycles. The summed E-state index contributed by atoms with van der Waals surface area (Å²) in [7, 11) is -4.08. The number of hydrogen-bond acceptors (Lipinski definition) is 4. The van der Waals surface area contributed by atoms with Crippen LogP contribution in [0.1, 0.15) is 18.5 Å². The zero-order valence-corrected chi connectivity index (χ0v) is 13.4. The molecule has 0 amide bonds. The molecule has 0 aliphatic carbocycles. The van der Waals surface area contributed by atoms with Gasteiger partial charge in [-0.3, -0.25) is 10.1 Å². The molecule has 1 N–H and O–H groups in total. The predicted octanol–water partition coefficient (Wildman–Crippen LogP) is 3.43. The number of sulfonamides is 1. The highest BCUT2D eigenvalue weighted by atomic mass is 35.5. The number of hydrogen-bond donors (Lipinski definition) is 1. The normalized spacial score (nSPS) is 12.8. The Balaban J connectivity index is 2.34. The maximum atomic E-state index is 13.3. The van der Waals surface area contributed by atoms with E-state index in [1.54, 1.807) is 31.2 Å². The molecular weight excluding hydrogens is 347 g/mol. The first-order valence-electron chi connectivity index (χ1n) is 6.43. The topological polar surface area (TPSA) is 89.3 Å². The summed E-state index contributed by atoms with van der Waals surface area (Å²) in [5.41, 5.74) is -0.354. The first-order valence-corrected chi connectivity index (χ1v) is 8.29. The lowest BCUT2D eigenvalue weighted by molar-refractivity contribution is -0.387. The van der Waals surface area contributed by atoms with E-state index in [-0.39, 0.29) is 0 Å². The summed E-state index contributed by atoms with van der Waals surface area (Å²) < 4.78 is 40.3. The summed E-state index contributed by atoms with van der Waals surface area (Å²) >= 11 is 6.01. The number of rotatable bonds is 5. The minimum Gasteiger partial charge on any atom is -0.258 e.